The molecule has 9 heteroatoms. The Morgan fingerprint density at radius 1 is 1.32 bits per heavy atom. The molecule has 2 aliphatic heterocycles. The molecule has 2 heterocycles. The largest absolute Gasteiger partial charge is 0.459 e. The molecule has 0 bridgehead atoms. The third-order valence-corrected chi connectivity index (χ3v) is 6.03. The zero-order valence-electron chi connectivity index (χ0n) is 19.0. The summed E-state index contributed by atoms with van der Waals surface area (Å²) in [4.78, 5) is 38.5. The van der Waals surface area contributed by atoms with Gasteiger partial charge in [-0.2, -0.15) is 0 Å². The van der Waals surface area contributed by atoms with Crippen molar-refractivity contribution in [1.29, 1.82) is 0 Å². The molecule has 9 nitrogen and oxygen atoms in total. The number of hydrogen-bond donors (Lipinski definition) is 2. The molecule has 2 aliphatic rings. The van der Waals surface area contributed by atoms with Gasteiger partial charge in [0.2, 0.25) is 5.60 Å². The third kappa shape index (κ3) is 4.99. The van der Waals surface area contributed by atoms with Gasteiger partial charge in [-0.3, -0.25) is 9.69 Å². The predicted molar refractivity (Wildman–Crippen MR) is 111 cm³/mol. The van der Waals surface area contributed by atoms with E-state index in [-0.39, 0.29) is 24.7 Å². The Morgan fingerprint density at radius 3 is 2.52 bits per heavy atom. The van der Waals surface area contributed by atoms with Crippen LogP contribution < -0.4 is 0 Å². The number of esters is 3. The molecule has 174 valence electrons. The van der Waals surface area contributed by atoms with Gasteiger partial charge in [-0.15, -0.1) is 0 Å². The van der Waals surface area contributed by atoms with Gasteiger partial charge < -0.3 is 24.4 Å². The van der Waals surface area contributed by atoms with Crippen LogP contribution in [0.4, 0.5) is 0 Å². The molecule has 2 N–H and O–H groups in total. The molecule has 0 aromatic carbocycles. The highest BCUT2D eigenvalue weighted by atomic mass is 16.6. The highest BCUT2D eigenvalue weighted by molar-refractivity contribution is 5.87. The van der Waals surface area contributed by atoms with Gasteiger partial charge in [-0.1, -0.05) is 12.2 Å². The average molecular weight is 440 g/mol. The van der Waals surface area contributed by atoms with Crippen molar-refractivity contribution in [2.45, 2.75) is 77.4 Å². The minimum atomic E-state index is -2.47. The Labute approximate surface area is 182 Å². The molecular formula is C22H33NO8. The van der Waals surface area contributed by atoms with Gasteiger partial charge in [0.1, 0.15) is 18.3 Å². The second-order valence-electron chi connectivity index (χ2n) is 8.55. The van der Waals surface area contributed by atoms with Gasteiger partial charge in [0.05, 0.1) is 12.1 Å². The lowest BCUT2D eigenvalue weighted by Gasteiger charge is -2.41. The van der Waals surface area contributed by atoms with Gasteiger partial charge in [0.15, 0.2) is 0 Å². The summed E-state index contributed by atoms with van der Waals surface area (Å²) in [7, 11) is 0. The van der Waals surface area contributed by atoms with E-state index >= 15 is 0 Å². The average Bonchev–Trinajstić information content (AvgIpc) is 3.26. The Kier molecular flexibility index (Phi) is 7.67. The van der Waals surface area contributed by atoms with Crippen molar-refractivity contribution < 1.29 is 38.8 Å². The molecule has 4 atom stereocenters. The van der Waals surface area contributed by atoms with E-state index in [1.165, 1.54) is 20.8 Å². The maximum Gasteiger partial charge on any atom is 0.345 e. The van der Waals surface area contributed by atoms with Crippen molar-refractivity contribution in [3.8, 4) is 0 Å². The van der Waals surface area contributed by atoms with Gasteiger partial charge >= 0.3 is 17.9 Å². The van der Waals surface area contributed by atoms with E-state index in [0.29, 0.717) is 18.5 Å². The van der Waals surface area contributed by atoms with Crippen molar-refractivity contribution in [3.63, 3.8) is 0 Å². The summed E-state index contributed by atoms with van der Waals surface area (Å²) in [5, 5.41) is 21.1. The monoisotopic (exact) mass is 439 g/mol. The lowest BCUT2D eigenvalue weighted by molar-refractivity contribution is -0.223. The highest BCUT2D eigenvalue weighted by Gasteiger charge is 2.57. The number of nitrogens with zero attached hydrogens (tertiary/aromatic N) is 1. The molecule has 0 radical (unpaired) electrons. The first-order valence-corrected chi connectivity index (χ1v) is 10.4. The van der Waals surface area contributed by atoms with Crippen LogP contribution in [0.2, 0.25) is 0 Å². The number of aliphatic hydroxyl groups is 2. The zero-order valence-corrected chi connectivity index (χ0v) is 19.0. The maximum absolute atomic E-state index is 12.8. The quantitative estimate of drug-likeness (QED) is 0.245. The van der Waals surface area contributed by atoms with E-state index in [2.05, 4.69) is 4.90 Å². The van der Waals surface area contributed by atoms with Crippen LogP contribution in [-0.2, 0) is 28.6 Å². The summed E-state index contributed by atoms with van der Waals surface area (Å²) in [6.07, 6.45) is 2.31. The Hall–Kier alpha value is -2.23. The number of aliphatic hydroxyl groups excluding tert-OH is 1. The molecule has 0 aromatic heterocycles. The smallest absolute Gasteiger partial charge is 0.345 e. The summed E-state index contributed by atoms with van der Waals surface area (Å²) in [5.74, 6) is -2.20. The second kappa shape index (κ2) is 9.50. The Morgan fingerprint density at radius 2 is 1.97 bits per heavy atom. The molecule has 1 fully saturated rings. The Bertz CT molecular complexity index is 784. The van der Waals surface area contributed by atoms with E-state index in [4.69, 9.17) is 14.2 Å². The van der Waals surface area contributed by atoms with Crippen LogP contribution in [-0.4, -0.2) is 82.2 Å². The molecular weight excluding hydrogens is 406 g/mol. The first-order valence-electron chi connectivity index (χ1n) is 10.4. The first-order chi connectivity index (χ1) is 14.3. The number of allylic oxidation sites excluding steroid dienone is 1. The van der Waals surface area contributed by atoms with E-state index in [9.17, 15) is 24.6 Å². The van der Waals surface area contributed by atoms with Crippen LogP contribution in [0.3, 0.4) is 0 Å². The summed E-state index contributed by atoms with van der Waals surface area (Å²) in [6, 6.07) is -0.220. The fraction of sp³-hybridized carbons (Fsp3) is 0.682. The van der Waals surface area contributed by atoms with Crippen molar-refractivity contribution in [1.82, 2.24) is 4.90 Å². The lowest BCUT2D eigenvalue weighted by atomic mass is 9.81. The van der Waals surface area contributed by atoms with Crippen LogP contribution in [0, 0.1) is 0 Å². The van der Waals surface area contributed by atoms with E-state index in [0.717, 1.165) is 19.0 Å². The van der Waals surface area contributed by atoms with E-state index in [1.54, 1.807) is 19.9 Å². The third-order valence-electron chi connectivity index (χ3n) is 6.03. The summed E-state index contributed by atoms with van der Waals surface area (Å²) >= 11 is 0. The topological polar surface area (TPSA) is 123 Å². The molecule has 1 saturated heterocycles. The van der Waals surface area contributed by atoms with Crippen molar-refractivity contribution in [2.24, 2.45) is 0 Å². The minimum absolute atomic E-state index is 0.151. The number of hydrogen-bond acceptors (Lipinski definition) is 9. The van der Waals surface area contributed by atoms with Crippen molar-refractivity contribution in [3.05, 3.63) is 23.3 Å². The van der Waals surface area contributed by atoms with Crippen LogP contribution >= 0.6 is 0 Å². The molecule has 0 spiro atoms. The molecule has 0 aliphatic carbocycles. The first kappa shape index (κ1) is 25.0. The van der Waals surface area contributed by atoms with Gasteiger partial charge in [-0.25, -0.2) is 9.59 Å². The SMILES string of the molecule is C/C=C(/C)C(=O)O[C@@H]1CCN2CC=C(COC(=O)[C@@](O)([C@H](C)O)C(C)(C)OC(C)=O)[C@H]12. The van der Waals surface area contributed by atoms with Crippen LogP contribution in [0.1, 0.15) is 48.0 Å². The van der Waals surface area contributed by atoms with Crippen LogP contribution in [0.15, 0.2) is 23.3 Å². The Balaban J connectivity index is 2.11. The number of rotatable bonds is 8. The lowest BCUT2D eigenvalue weighted by Crippen LogP contribution is -2.64. The molecule has 0 saturated carbocycles. The highest BCUT2D eigenvalue weighted by Crippen LogP contribution is 2.34. The second-order valence-corrected chi connectivity index (χ2v) is 8.55. The fourth-order valence-corrected chi connectivity index (χ4v) is 4.09. The number of ether oxygens (including phenoxy) is 3. The minimum Gasteiger partial charge on any atom is -0.459 e. The molecule has 31 heavy (non-hydrogen) atoms. The normalized spacial score (nSPS) is 24.6. The zero-order chi connectivity index (χ0) is 23.6. The molecule has 0 amide bonds. The predicted octanol–water partition coefficient (Wildman–Crippen LogP) is 0.876. The molecule has 0 aromatic rings. The number of carbonyl (C=O) groups excluding carboxylic acids is 3. The summed E-state index contributed by atoms with van der Waals surface area (Å²) in [6.45, 7) is 9.69. The molecule has 0 unspecified atom stereocenters. The number of fused-ring (bicyclic) bond motifs is 1. The van der Waals surface area contributed by atoms with Crippen LogP contribution in [0.5, 0.6) is 0 Å². The van der Waals surface area contributed by atoms with E-state index < -0.39 is 29.2 Å². The maximum atomic E-state index is 12.8. The van der Waals surface area contributed by atoms with Crippen molar-refractivity contribution in [2.75, 3.05) is 19.7 Å². The van der Waals surface area contributed by atoms with Gasteiger partial charge in [0.25, 0.3) is 0 Å². The van der Waals surface area contributed by atoms with Crippen LogP contribution in [0.25, 0.3) is 0 Å². The van der Waals surface area contributed by atoms with Gasteiger partial charge in [-0.05, 0) is 46.6 Å². The summed E-state index contributed by atoms with van der Waals surface area (Å²) in [5.41, 5.74) is -2.93. The van der Waals surface area contributed by atoms with Gasteiger partial charge in [0, 0.05) is 25.6 Å². The fourth-order valence-electron chi connectivity index (χ4n) is 4.09. The standard InChI is InChI=1S/C22H33NO8/c1-7-13(2)19(26)30-17-9-11-23-10-8-16(18(17)23)12-29-20(27)22(28,14(3)24)21(5,6)31-15(4)25/h7-8,14,17-18,24,28H,9-12H2,1-6H3/b13-7-/t14-,17+,18+,22-/m0/s1. The molecule has 2 rings (SSSR count). The number of carbonyl (C=O) groups is 3. The van der Waals surface area contributed by atoms with E-state index in [1.807, 2.05) is 6.08 Å². The van der Waals surface area contributed by atoms with Crippen molar-refractivity contribution >= 4 is 17.9 Å². The summed E-state index contributed by atoms with van der Waals surface area (Å²) < 4.78 is 16.1.